The second kappa shape index (κ2) is 11.1. The van der Waals surface area contributed by atoms with E-state index in [4.69, 9.17) is 9.94 Å². The van der Waals surface area contributed by atoms with E-state index >= 15 is 0 Å². The van der Waals surface area contributed by atoms with Crippen LogP contribution in [0, 0.1) is 0 Å². The minimum atomic E-state index is -0.775. The molecule has 6 heteroatoms. The highest BCUT2D eigenvalue weighted by Crippen LogP contribution is 2.19. The van der Waals surface area contributed by atoms with E-state index in [2.05, 4.69) is 33.8 Å². The number of unbranched alkanes of at least 4 members (excludes halogenated alkanes) is 1. The maximum Gasteiger partial charge on any atom is 0.303 e. The summed E-state index contributed by atoms with van der Waals surface area (Å²) in [6, 6.07) is 10.4. The molecule has 0 saturated heterocycles. The zero-order valence-corrected chi connectivity index (χ0v) is 15.3. The van der Waals surface area contributed by atoms with Gasteiger partial charge in [-0.25, -0.2) is 4.98 Å². The first-order chi connectivity index (χ1) is 12.7. The molecule has 1 aromatic heterocycles. The van der Waals surface area contributed by atoms with Gasteiger partial charge >= 0.3 is 5.97 Å². The van der Waals surface area contributed by atoms with E-state index < -0.39 is 5.97 Å². The highest BCUT2D eigenvalue weighted by Gasteiger charge is 2.19. The van der Waals surface area contributed by atoms with Crippen molar-refractivity contribution in [1.29, 1.82) is 0 Å². The number of imidazole rings is 1. The average molecular weight is 357 g/mol. The van der Waals surface area contributed by atoms with Crippen LogP contribution in [0.15, 0.2) is 54.2 Å². The van der Waals surface area contributed by atoms with E-state index in [0.717, 1.165) is 25.0 Å². The standard InChI is InChI=1S/C20H27N3O3/c1-2-8-18(22-26-14-7-6-11-20(24)25)19(23-13-12-21-16-23)15-17-9-4-3-5-10-17/h3-5,9-10,12-13,16,19H,2,6-8,11,14-15H2,1H3,(H,24,25). The maximum absolute atomic E-state index is 10.5. The van der Waals surface area contributed by atoms with Gasteiger partial charge in [0.05, 0.1) is 18.1 Å². The van der Waals surface area contributed by atoms with Crippen molar-refractivity contribution in [3.63, 3.8) is 0 Å². The summed E-state index contributed by atoms with van der Waals surface area (Å²) < 4.78 is 2.06. The fourth-order valence-electron chi connectivity index (χ4n) is 2.79. The lowest BCUT2D eigenvalue weighted by Crippen LogP contribution is -2.21. The average Bonchev–Trinajstić information content (AvgIpc) is 3.17. The van der Waals surface area contributed by atoms with Crippen LogP contribution < -0.4 is 0 Å². The lowest BCUT2D eigenvalue weighted by molar-refractivity contribution is -0.137. The highest BCUT2D eigenvalue weighted by atomic mass is 16.6. The van der Waals surface area contributed by atoms with Gasteiger partial charge < -0.3 is 14.5 Å². The Morgan fingerprint density at radius 1 is 1.27 bits per heavy atom. The topological polar surface area (TPSA) is 76.7 Å². The van der Waals surface area contributed by atoms with Gasteiger partial charge in [0.25, 0.3) is 0 Å². The van der Waals surface area contributed by atoms with Crippen LogP contribution in [0.5, 0.6) is 0 Å². The molecule has 0 radical (unpaired) electrons. The number of hydrogen-bond donors (Lipinski definition) is 1. The molecule has 2 rings (SSSR count). The number of aromatic nitrogens is 2. The predicted octanol–water partition coefficient (Wildman–Crippen LogP) is 4.09. The SMILES string of the molecule is CCCC(=NOCCCCC(=O)O)C(Cc1ccccc1)n1ccnc1. The molecule has 1 unspecified atom stereocenters. The first-order valence-corrected chi connectivity index (χ1v) is 9.12. The van der Waals surface area contributed by atoms with Gasteiger partial charge in [0.2, 0.25) is 0 Å². The molecule has 1 atom stereocenters. The number of oxime groups is 1. The summed E-state index contributed by atoms with van der Waals surface area (Å²) in [5.74, 6) is -0.775. The van der Waals surface area contributed by atoms with Gasteiger partial charge in [-0.1, -0.05) is 48.8 Å². The van der Waals surface area contributed by atoms with Gasteiger partial charge in [0.15, 0.2) is 0 Å². The van der Waals surface area contributed by atoms with Gasteiger partial charge in [-0.2, -0.15) is 0 Å². The van der Waals surface area contributed by atoms with E-state index in [0.29, 0.717) is 19.4 Å². The number of rotatable bonds is 12. The van der Waals surface area contributed by atoms with Gasteiger partial charge in [-0.15, -0.1) is 0 Å². The fourth-order valence-corrected chi connectivity index (χ4v) is 2.79. The molecule has 1 heterocycles. The maximum atomic E-state index is 10.5. The van der Waals surface area contributed by atoms with Crippen molar-refractivity contribution >= 4 is 11.7 Å². The molecular weight excluding hydrogens is 330 g/mol. The molecule has 0 saturated carbocycles. The van der Waals surface area contributed by atoms with Crippen molar-refractivity contribution in [2.75, 3.05) is 6.61 Å². The second-order valence-electron chi connectivity index (χ2n) is 6.23. The molecule has 0 amide bonds. The van der Waals surface area contributed by atoms with Crippen molar-refractivity contribution in [2.24, 2.45) is 5.16 Å². The largest absolute Gasteiger partial charge is 0.481 e. The molecule has 0 fully saturated rings. The molecule has 0 aliphatic rings. The molecular formula is C20H27N3O3. The Morgan fingerprint density at radius 3 is 2.73 bits per heavy atom. The number of nitrogens with zero attached hydrogens (tertiary/aromatic N) is 3. The van der Waals surface area contributed by atoms with E-state index in [1.807, 2.05) is 30.7 Å². The lowest BCUT2D eigenvalue weighted by atomic mass is 9.99. The van der Waals surface area contributed by atoms with Crippen molar-refractivity contribution in [3.05, 3.63) is 54.6 Å². The number of carbonyl (C=O) groups is 1. The van der Waals surface area contributed by atoms with Crippen LogP contribution in [-0.4, -0.2) is 32.9 Å². The summed E-state index contributed by atoms with van der Waals surface area (Å²) in [6.07, 6.45) is 9.61. The van der Waals surface area contributed by atoms with Crippen molar-refractivity contribution in [1.82, 2.24) is 9.55 Å². The Kier molecular flexibility index (Phi) is 8.39. The summed E-state index contributed by atoms with van der Waals surface area (Å²) in [6.45, 7) is 2.55. The molecule has 1 aromatic carbocycles. The van der Waals surface area contributed by atoms with E-state index in [9.17, 15) is 4.79 Å². The summed E-state index contributed by atoms with van der Waals surface area (Å²) in [4.78, 5) is 20.2. The molecule has 140 valence electrons. The van der Waals surface area contributed by atoms with Crippen LogP contribution >= 0.6 is 0 Å². The third-order valence-electron chi connectivity index (χ3n) is 4.11. The van der Waals surface area contributed by atoms with Crippen LogP contribution in [0.1, 0.15) is 50.6 Å². The first kappa shape index (κ1) is 19.7. The second-order valence-corrected chi connectivity index (χ2v) is 6.23. The van der Waals surface area contributed by atoms with Crippen LogP contribution in [0.25, 0.3) is 0 Å². The van der Waals surface area contributed by atoms with Crippen molar-refractivity contribution in [2.45, 2.75) is 51.5 Å². The van der Waals surface area contributed by atoms with Crippen molar-refractivity contribution in [3.8, 4) is 0 Å². The summed E-state index contributed by atoms with van der Waals surface area (Å²) >= 11 is 0. The van der Waals surface area contributed by atoms with Crippen LogP contribution in [-0.2, 0) is 16.1 Å². The molecule has 26 heavy (non-hydrogen) atoms. The van der Waals surface area contributed by atoms with Crippen LogP contribution in [0.3, 0.4) is 0 Å². The monoisotopic (exact) mass is 357 g/mol. The Hall–Kier alpha value is -2.63. The summed E-state index contributed by atoms with van der Waals surface area (Å²) in [7, 11) is 0. The first-order valence-electron chi connectivity index (χ1n) is 9.12. The van der Waals surface area contributed by atoms with Crippen LogP contribution in [0.2, 0.25) is 0 Å². The minimum absolute atomic E-state index is 0.0545. The predicted molar refractivity (Wildman–Crippen MR) is 101 cm³/mol. The highest BCUT2D eigenvalue weighted by molar-refractivity contribution is 5.88. The molecule has 2 aromatic rings. The van der Waals surface area contributed by atoms with E-state index in [-0.39, 0.29) is 12.5 Å². The molecule has 0 spiro atoms. The summed E-state index contributed by atoms with van der Waals surface area (Å²) in [5, 5.41) is 13.1. The molecule has 0 aliphatic heterocycles. The zero-order chi connectivity index (χ0) is 18.6. The third-order valence-corrected chi connectivity index (χ3v) is 4.11. The van der Waals surface area contributed by atoms with E-state index in [1.165, 1.54) is 5.56 Å². The Bertz CT molecular complexity index is 669. The number of benzene rings is 1. The van der Waals surface area contributed by atoms with Gasteiger partial charge in [-0.05, 0) is 31.2 Å². The normalized spacial score (nSPS) is 12.7. The molecule has 1 N–H and O–H groups in total. The number of hydrogen-bond acceptors (Lipinski definition) is 4. The number of carboxylic acids is 1. The van der Waals surface area contributed by atoms with Gasteiger partial charge in [0, 0.05) is 18.8 Å². The minimum Gasteiger partial charge on any atom is -0.481 e. The Labute approximate surface area is 154 Å². The fraction of sp³-hybridized carbons (Fsp3) is 0.450. The Balaban J connectivity index is 2.05. The molecule has 0 aliphatic carbocycles. The number of aliphatic carboxylic acids is 1. The smallest absolute Gasteiger partial charge is 0.303 e. The zero-order valence-electron chi connectivity index (χ0n) is 15.3. The number of carboxylic acid groups (broad SMARTS) is 1. The summed E-state index contributed by atoms with van der Waals surface area (Å²) in [5.41, 5.74) is 2.21. The Morgan fingerprint density at radius 2 is 2.08 bits per heavy atom. The van der Waals surface area contributed by atoms with E-state index in [1.54, 1.807) is 6.20 Å². The quantitative estimate of drug-likeness (QED) is 0.352. The lowest BCUT2D eigenvalue weighted by Gasteiger charge is -2.20. The molecule has 6 nitrogen and oxygen atoms in total. The molecule has 0 bridgehead atoms. The van der Waals surface area contributed by atoms with Crippen LogP contribution in [0.4, 0.5) is 0 Å². The van der Waals surface area contributed by atoms with Crippen molar-refractivity contribution < 1.29 is 14.7 Å². The third kappa shape index (κ3) is 6.70. The van der Waals surface area contributed by atoms with Gasteiger partial charge in [0.1, 0.15) is 6.61 Å². The van der Waals surface area contributed by atoms with Gasteiger partial charge in [-0.3, -0.25) is 4.79 Å².